The van der Waals surface area contributed by atoms with Crippen LogP contribution in [0.25, 0.3) is 0 Å². The zero-order valence-corrected chi connectivity index (χ0v) is 34.6. The number of hydrogen-bond acceptors (Lipinski definition) is 5. The molecule has 0 radical (unpaired) electrons. The normalized spacial score (nSPS) is 12.7. The Morgan fingerprint density at radius 3 is 1.42 bits per heavy atom. The van der Waals surface area contributed by atoms with E-state index in [0.29, 0.717) is 26.6 Å². The molecule has 2 unspecified atom stereocenters. The third kappa shape index (κ3) is 13.2. The van der Waals surface area contributed by atoms with E-state index in [-0.39, 0.29) is 27.1 Å². The second-order valence-electron chi connectivity index (χ2n) is 11.5. The molecule has 0 saturated carbocycles. The van der Waals surface area contributed by atoms with Gasteiger partial charge in [0.2, 0.25) is 0 Å². The molecule has 5 nitrogen and oxygen atoms in total. The summed E-state index contributed by atoms with van der Waals surface area (Å²) in [6.45, 7) is 13.7. The Kier molecular flexibility index (Phi) is 23.6. The number of benzene rings is 1. The summed E-state index contributed by atoms with van der Waals surface area (Å²) in [4.78, 5) is 8.08. The SMILES string of the molecule is C.C.CC[Si](CC)(CC)OC(CCCc1ccccc1Br)c1c(Cl)cncc1Cl.CC[Si](CC)(CC)OC(CN)c1c(Cl)cncc1Cl. The number of rotatable bonds is 17. The molecule has 2 atom stereocenters. The summed E-state index contributed by atoms with van der Waals surface area (Å²) in [5, 5.41) is 2.24. The van der Waals surface area contributed by atoms with Crippen molar-refractivity contribution in [1.82, 2.24) is 9.97 Å². The second-order valence-corrected chi connectivity index (χ2v) is 23.4. The van der Waals surface area contributed by atoms with Crippen molar-refractivity contribution in [2.75, 3.05) is 6.54 Å². The van der Waals surface area contributed by atoms with Crippen molar-refractivity contribution in [3.05, 3.63) is 90.3 Å². The summed E-state index contributed by atoms with van der Waals surface area (Å²) < 4.78 is 14.4. The van der Waals surface area contributed by atoms with Crippen LogP contribution < -0.4 is 5.73 Å². The third-order valence-corrected chi connectivity index (χ3v) is 20.4. The zero-order chi connectivity index (χ0) is 34.3. The summed E-state index contributed by atoms with van der Waals surface area (Å²) in [6.07, 6.45) is 9.06. The second kappa shape index (κ2) is 23.9. The van der Waals surface area contributed by atoms with Gasteiger partial charge in [0.05, 0.1) is 32.3 Å². The molecule has 272 valence electrons. The van der Waals surface area contributed by atoms with Crippen LogP contribution in [-0.2, 0) is 15.3 Å². The lowest BCUT2D eigenvalue weighted by atomic mass is 10.0. The average molecular weight is 843 g/mol. The fraction of sp³-hybridized carbons (Fsp3) is 0.556. The fourth-order valence-electron chi connectivity index (χ4n) is 5.73. The molecule has 1 aromatic carbocycles. The van der Waals surface area contributed by atoms with E-state index in [9.17, 15) is 0 Å². The third-order valence-electron chi connectivity index (χ3n) is 9.16. The fourth-order valence-corrected chi connectivity index (χ4v) is 13.1. The van der Waals surface area contributed by atoms with E-state index in [1.165, 1.54) is 5.56 Å². The summed E-state index contributed by atoms with van der Waals surface area (Å²) >= 11 is 29.0. The lowest BCUT2D eigenvalue weighted by Crippen LogP contribution is -2.39. The van der Waals surface area contributed by atoms with Crippen LogP contribution in [0.3, 0.4) is 0 Å². The smallest absolute Gasteiger partial charge is 0.192 e. The Hall–Kier alpha value is -0.526. The number of hydrogen-bond donors (Lipinski definition) is 1. The van der Waals surface area contributed by atoms with E-state index in [0.717, 1.165) is 71.1 Å². The molecule has 0 spiro atoms. The lowest BCUT2D eigenvalue weighted by molar-refractivity contribution is 0.176. The van der Waals surface area contributed by atoms with Crippen molar-refractivity contribution in [1.29, 1.82) is 0 Å². The van der Waals surface area contributed by atoms with Crippen molar-refractivity contribution in [2.45, 2.75) is 124 Å². The van der Waals surface area contributed by atoms with Gasteiger partial charge >= 0.3 is 0 Å². The van der Waals surface area contributed by atoms with Gasteiger partial charge in [-0.3, -0.25) is 9.97 Å². The Morgan fingerprint density at radius 2 is 1.04 bits per heavy atom. The molecule has 0 fully saturated rings. The van der Waals surface area contributed by atoms with Crippen molar-refractivity contribution in [3.63, 3.8) is 0 Å². The van der Waals surface area contributed by atoms with Crippen LogP contribution in [0.1, 0.15) is 98.1 Å². The molecule has 3 rings (SSSR count). The predicted octanol–water partition coefficient (Wildman–Crippen LogP) is 13.9. The van der Waals surface area contributed by atoms with E-state index in [4.69, 9.17) is 61.0 Å². The lowest BCUT2D eigenvalue weighted by Gasteiger charge is -2.34. The number of nitrogens with two attached hydrogens (primary N) is 1. The van der Waals surface area contributed by atoms with Crippen molar-refractivity contribution >= 4 is 79.0 Å². The van der Waals surface area contributed by atoms with Crippen molar-refractivity contribution < 1.29 is 8.85 Å². The first-order chi connectivity index (χ1) is 22.0. The van der Waals surface area contributed by atoms with Crippen LogP contribution in [0.2, 0.25) is 56.4 Å². The number of nitrogens with zero attached hydrogens (tertiary/aromatic N) is 2. The molecule has 0 saturated heterocycles. The van der Waals surface area contributed by atoms with Gasteiger partial charge in [-0.25, -0.2) is 0 Å². The highest BCUT2D eigenvalue weighted by Gasteiger charge is 2.35. The maximum absolute atomic E-state index is 6.83. The van der Waals surface area contributed by atoms with Gasteiger partial charge in [0.15, 0.2) is 16.6 Å². The van der Waals surface area contributed by atoms with E-state index in [1.54, 1.807) is 24.8 Å². The van der Waals surface area contributed by atoms with E-state index >= 15 is 0 Å². The predicted molar refractivity (Wildman–Crippen MR) is 220 cm³/mol. The van der Waals surface area contributed by atoms with Gasteiger partial charge in [0.1, 0.15) is 0 Å². The number of aryl methyl sites for hydroxylation is 1. The molecular weight excluding hydrogens is 784 g/mol. The Balaban J connectivity index is 0.000000935. The quantitative estimate of drug-likeness (QED) is 0.137. The maximum Gasteiger partial charge on any atom is 0.192 e. The van der Waals surface area contributed by atoms with E-state index in [2.05, 4.69) is 85.6 Å². The molecule has 0 aliphatic carbocycles. The largest absolute Gasteiger partial charge is 0.410 e. The number of halogens is 5. The summed E-state index contributed by atoms with van der Waals surface area (Å²) in [5.41, 5.74) is 8.85. The average Bonchev–Trinajstić information content (AvgIpc) is 3.06. The molecule has 2 aromatic heterocycles. The number of pyridine rings is 2. The van der Waals surface area contributed by atoms with Crippen LogP contribution >= 0.6 is 62.3 Å². The molecule has 0 aliphatic heterocycles. The topological polar surface area (TPSA) is 70.3 Å². The standard InChI is InChI=1S/C21H28BrCl2NOSi.C13H22Cl2N2OSi.2CH4/c1-4-27(5-2,6-3)26-20(21-18(23)14-25-15-19(21)24)13-9-11-16-10-7-8-12-17(16)22;1-4-19(5-2,6-3)18-12(7-16)13-10(14)8-17-9-11(13)15;;/h7-8,10,12,14-15,20H,4-6,9,11,13H2,1-3H3;8-9,12H,4-7,16H2,1-3H3;2*1H4. The highest BCUT2D eigenvalue weighted by atomic mass is 79.9. The van der Waals surface area contributed by atoms with Gasteiger partial charge in [-0.05, 0) is 67.2 Å². The van der Waals surface area contributed by atoms with Crippen molar-refractivity contribution in [3.8, 4) is 0 Å². The van der Waals surface area contributed by atoms with E-state index < -0.39 is 16.6 Å². The highest BCUT2D eigenvalue weighted by Crippen LogP contribution is 2.39. The molecule has 2 N–H and O–H groups in total. The van der Waals surface area contributed by atoms with Crippen LogP contribution in [0, 0.1) is 0 Å². The van der Waals surface area contributed by atoms with Gasteiger partial charge in [0, 0.05) is 46.9 Å². The van der Waals surface area contributed by atoms with Crippen molar-refractivity contribution in [2.24, 2.45) is 5.73 Å². The van der Waals surface area contributed by atoms with Crippen LogP contribution in [-0.4, -0.2) is 33.1 Å². The summed E-state index contributed by atoms with van der Waals surface area (Å²) in [6, 6.07) is 14.9. The van der Waals surface area contributed by atoms with Crippen LogP contribution in [0.15, 0.2) is 53.5 Å². The molecule has 48 heavy (non-hydrogen) atoms. The molecule has 0 aliphatic rings. The van der Waals surface area contributed by atoms with Gasteiger partial charge in [-0.1, -0.05) is 137 Å². The van der Waals surface area contributed by atoms with Gasteiger partial charge in [0.25, 0.3) is 0 Å². The molecule has 12 heteroatoms. The van der Waals surface area contributed by atoms with Gasteiger partial charge < -0.3 is 14.6 Å². The Morgan fingerprint density at radius 1 is 0.667 bits per heavy atom. The summed E-state index contributed by atoms with van der Waals surface area (Å²) in [7, 11) is -3.54. The highest BCUT2D eigenvalue weighted by molar-refractivity contribution is 9.10. The minimum Gasteiger partial charge on any atom is -0.410 e. The van der Waals surface area contributed by atoms with Crippen LogP contribution in [0.4, 0.5) is 0 Å². The number of aromatic nitrogens is 2. The van der Waals surface area contributed by atoms with Gasteiger partial charge in [-0.2, -0.15) is 0 Å². The monoisotopic (exact) mass is 839 g/mol. The first-order valence-electron chi connectivity index (χ1n) is 16.4. The minimum absolute atomic E-state index is 0. The Labute approximate surface area is 322 Å². The molecular formula is C36H58BrCl4N3O2Si2. The molecule has 0 amide bonds. The first kappa shape index (κ1) is 47.5. The summed E-state index contributed by atoms with van der Waals surface area (Å²) in [5.74, 6) is 0. The zero-order valence-electron chi connectivity index (χ0n) is 28.0. The molecule has 3 aromatic rings. The molecule has 2 heterocycles. The maximum atomic E-state index is 6.83. The minimum atomic E-state index is -1.80. The first-order valence-corrected chi connectivity index (χ1v) is 23.7. The Bertz CT molecular complexity index is 1290. The van der Waals surface area contributed by atoms with Gasteiger partial charge in [-0.15, -0.1) is 0 Å². The van der Waals surface area contributed by atoms with E-state index in [1.807, 2.05) is 6.07 Å². The molecule has 0 bridgehead atoms. The van der Waals surface area contributed by atoms with Crippen LogP contribution in [0.5, 0.6) is 0 Å².